The van der Waals surface area contributed by atoms with Crippen LogP contribution < -0.4 is 4.74 Å². The van der Waals surface area contributed by atoms with Gasteiger partial charge in [0.2, 0.25) is 0 Å². The molecular formula is C16H21F3N2O2. The first-order chi connectivity index (χ1) is 10.8. The summed E-state index contributed by atoms with van der Waals surface area (Å²) in [5.74, 6) is -0.0763. The number of hydrogen-bond acceptors (Lipinski definition) is 4. The summed E-state index contributed by atoms with van der Waals surface area (Å²) in [5, 5.41) is 11.1. The fraction of sp³-hybridized carbons (Fsp3) is 0.688. The van der Waals surface area contributed by atoms with Gasteiger partial charge in [0, 0.05) is 24.7 Å². The van der Waals surface area contributed by atoms with Crippen molar-refractivity contribution < 1.29 is 23.0 Å². The highest BCUT2D eigenvalue weighted by Crippen LogP contribution is 2.50. The molecule has 0 aromatic carbocycles. The molecule has 1 N–H and O–H groups in total. The topological polar surface area (TPSA) is 45.6 Å². The summed E-state index contributed by atoms with van der Waals surface area (Å²) in [6.07, 6.45) is -0.237. The van der Waals surface area contributed by atoms with Gasteiger partial charge in [-0.2, -0.15) is 0 Å². The number of likely N-dealkylation sites (tertiary alicyclic amines) is 1. The van der Waals surface area contributed by atoms with E-state index in [0.29, 0.717) is 24.5 Å². The molecule has 23 heavy (non-hydrogen) atoms. The number of nitrogens with zero attached hydrogens (tertiary/aromatic N) is 2. The van der Waals surface area contributed by atoms with E-state index in [-0.39, 0.29) is 11.7 Å². The first-order valence-corrected chi connectivity index (χ1v) is 7.89. The Kier molecular flexibility index (Phi) is 4.27. The lowest BCUT2D eigenvalue weighted by molar-refractivity contribution is -0.274. The summed E-state index contributed by atoms with van der Waals surface area (Å²) in [6, 6.07) is 2.84. The normalized spacial score (nSPS) is 23.5. The zero-order valence-corrected chi connectivity index (χ0v) is 13.0. The third-order valence-electron chi connectivity index (χ3n) is 4.84. The largest absolute Gasteiger partial charge is 0.573 e. The molecule has 0 spiro atoms. The van der Waals surface area contributed by atoms with Crippen LogP contribution in [0, 0.1) is 5.92 Å². The molecule has 0 amide bonds. The van der Waals surface area contributed by atoms with Crippen molar-refractivity contribution in [3.63, 3.8) is 0 Å². The van der Waals surface area contributed by atoms with Crippen molar-refractivity contribution in [2.75, 3.05) is 20.1 Å². The SMILES string of the molecule is CN1CCC(O)(C(c2ccc(OC(F)(F)F)cn2)C2CC2)CC1. The molecule has 2 fully saturated rings. The Balaban J connectivity index is 1.79. The highest BCUT2D eigenvalue weighted by atomic mass is 19.4. The Morgan fingerprint density at radius 2 is 1.96 bits per heavy atom. The molecule has 1 aromatic rings. The van der Waals surface area contributed by atoms with Gasteiger partial charge in [-0.3, -0.25) is 4.98 Å². The lowest BCUT2D eigenvalue weighted by atomic mass is 9.75. The number of aromatic nitrogens is 1. The quantitative estimate of drug-likeness (QED) is 0.922. The van der Waals surface area contributed by atoms with Crippen molar-refractivity contribution in [3.05, 3.63) is 24.0 Å². The molecule has 1 atom stereocenters. The van der Waals surface area contributed by atoms with Crippen LogP contribution in [0.3, 0.4) is 0 Å². The van der Waals surface area contributed by atoms with Crippen molar-refractivity contribution in [1.82, 2.24) is 9.88 Å². The smallest absolute Gasteiger partial charge is 0.404 e. The minimum absolute atomic E-state index is 0.115. The molecule has 128 valence electrons. The molecule has 1 aliphatic carbocycles. The Hall–Kier alpha value is -1.34. The van der Waals surface area contributed by atoms with Crippen LogP contribution in [0.2, 0.25) is 0 Å². The number of alkyl halides is 3. The summed E-state index contributed by atoms with van der Waals surface area (Å²) in [6.45, 7) is 1.63. The second-order valence-corrected chi connectivity index (χ2v) is 6.69. The molecule has 4 nitrogen and oxygen atoms in total. The van der Waals surface area contributed by atoms with E-state index in [0.717, 1.165) is 32.1 Å². The summed E-state index contributed by atoms with van der Waals surface area (Å²) in [7, 11) is 2.02. The highest BCUT2D eigenvalue weighted by molar-refractivity contribution is 5.26. The van der Waals surface area contributed by atoms with Crippen LogP contribution >= 0.6 is 0 Å². The highest BCUT2D eigenvalue weighted by Gasteiger charge is 2.48. The number of aliphatic hydroxyl groups is 1. The lowest BCUT2D eigenvalue weighted by Gasteiger charge is -2.42. The lowest BCUT2D eigenvalue weighted by Crippen LogP contribution is -2.47. The Labute approximate surface area is 133 Å². The predicted octanol–water partition coefficient (Wildman–Crippen LogP) is 2.93. The number of pyridine rings is 1. The number of piperidine rings is 1. The maximum atomic E-state index is 12.2. The van der Waals surface area contributed by atoms with Crippen LogP contribution in [0.4, 0.5) is 13.2 Å². The molecular weight excluding hydrogens is 309 g/mol. The van der Waals surface area contributed by atoms with Crippen LogP contribution in [0.1, 0.15) is 37.3 Å². The zero-order valence-electron chi connectivity index (χ0n) is 13.0. The molecule has 3 rings (SSSR count). The molecule has 2 aliphatic rings. The summed E-state index contributed by atoms with van der Waals surface area (Å²) < 4.78 is 40.6. The average molecular weight is 330 g/mol. The van der Waals surface area contributed by atoms with Gasteiger partial charge >= 0.3 is 6.36 Å². The van der Waals surface area contributed by atoms with Gasteiger partial charge in [0.15, 0.2) is 0 Å². The van der Waals surface area contributed by atoms with Crippen LogP contribution in [-0.2, 0) is 0 Å². The van der Waals surface area contributed by atoms with Crippen LogP contribution in [-0.4, -0.2) is 47.1 Å². The zero-order chi connectivity index (χ0) is 16.7. The van der Waals surface area contributed by atoms with Gasteiger partial charge in [0.1, 0.15) is 5.75 Å². The van der Waals surface area contributed by atoms with Gasteiger partial charge in [-0.05, 0) is 50.8 Å². The molecule has 0 radical (unpaired) electrons. The molecule has 1 unspecified atom stereocenters. The van der Waals surface area contributed by atoms with Crippen molar-refractivity contribution in [3.8, 4) is 5.75 Å². The third kappa shape index (κ3) is 3.95. The second kappa shape index (κ2) is 5.94. The molecule has 7 heteroatoms. The Bertz CT molecular complexity index is 535. The monoisotopic (exact) mass is 330 g/mol. The Morgan fingerprint density at radius 3 is 2.43 bits per heavy atom. The van der Waals surface area contributed by atoms with Gasteiger partial charge in [0.05, 0.1) is 11.8 Å². The van der Waals surface area contributed by atoms with E-state index in [1.54, 1.807) is 6.07 Å². The first-order valence-electron chi connectivity index (χ1n) is 7.89. The van der Waals surface area contributed by atoms with Crippen molar-refractivity contribution in [1.29, 1.82) is 0 Å². The average Bonchev–Trinajstić information content (AvgIpc) is 3.28. The van der Waals surface area contributed by atoms with Crippen LogP contribution in [0.5, 0.6) is 5.75 Å². The Morgan fingerprint density at radius 1 is 1.30 bits per heavy atom. The fourth-order valence-corrected chi connectivity index (χ4v) is 3.47. The maximum absolute atomic E-state index is 12.2. The van der Waals surface area contributed by atoms with Gasteiger partial charge in [0.25, 0.3) is 0 Å². The van der Waals surface area contributed by atoms with Gasteiger partial charge < -0.3 is 14.7 Å². The summed E-state index contributed by atoms with van der Waals surface area (Å²) >= 11 is 0. The van der Waals surface area contributed by atoms with E-state index < -0.39 is 12.0 Å². The van der Waals surface area contributed by atoms with Crippen molar-refractivity contribution in [2.45, 2.75) is 43.6 Å². The maximum Gasteiger partial charge on any atom is 0.573 e. The van der Waals surface area contributed by atoms with E-state index in [9.17, 15) is 18.3 Å². The number of rotatable bonds is 4. The summed E-state index contributed by atoms with van der Waals surface area (Å²) in [4.78, 5) is 6.34. The van der Waals surface area contributed by atoms with Gasteiger partial charge in [-0.15, -0.1) is 13.2 Å². The summed E-state index contributed by atoms with van der Waals surface area (Å²) in [5.41, 5.74) is -0.165. The van der Waals surface area contributed by atoms with Crippen LogP contribution in [0.25, 0.3) is 0 Å². The van der Waals surface area contributed by atoms with E-state index >= 15 is 0 Å². The van der Waals surface area contributed by atoms with E-state index in [1.807, 2.05) is 7.05 Å². The van der Waals surface area contributed by atoms with Crippen molar-refractivity contribution in [2.24, 2.45) is 5.92 Å². The number of halogens is 3. The standard InChI is InChI=1S/C16H21F3N2O2/c1-21-8-6-15(22,7-9-21)14(11-2-3-11)13-5-4-12(10-20-13)23-16(17,18)19/h4-5,10-11,14,22H,2-3,6-9H2,1H3. The first kappa shape index (κ1) is 16.5. The molecule has 1 saturated carbocycles. The molecule has 1 aromatic heterocycles. The third-order valence-corrected chi connectivity index (χ3v) is 4.84. The van der Waals surface area contributed by atoms with E-state index in [2.05, 4.69) is 14.6 Å². The molecule has 1 saturated heterocycles. The van der Waals surface area contributed by atoms with Gasteiger partial charge in [-0.25, -0.2) is 0 Å². The molecule has 2 heterocycles. The molecule has 1 aliphatic heterocycles. The second-order valence-electron chi connectivity index (χ2n) is 6.69. The predicted molar refractivity (Wildman–Crippen MR) is 78.1 cm³/mol. The number of ether oxygens (including phenoxy) is 1. The minimum Gasteiger partial charge on any atom is -0.404 e. The van der Waals surface area contributed by atoms with E-state index in [1.165, 1.54) is 6.07 Å². The minimum atomic E-state index is -4.72. The van der Waals surface area contributed by atoms with Crippen molar-refractivity contribution >= 4 is 0 Å². The van der Waals surface area contributed by atoms with Gasteiger partial charge in [-0.1, -0.05) is 0 Å². The fourth-order valence-electron chi connectivity index (χ4n) is 3.47. The van der Waals surface area contributed by atoms with Crippen LogP contribution in [0.15, 0.2) is 18.3 Å². The van der Waals surface area contributed by atoms with E-state index in [4.69, 9.17) is 0 Å². The number of hydrogen-bond donors (Lipinski definition) is 1. The molecule has 0 bridgehead atoms.